The molecule has 0 fully saturated rings. The van der Waals surface area contributed by atoms with Crippen molar-refractivity contribution in [2.75, 3.05) is 31.6 Å². The van der Waals surface area contributed by atoms with Crippen molar-refractivity contribution >= 4 is 14.7 Å². The highest BCUT2D eigenvalue weighted by molar-refractivity contribution is 8.57. The van der Waals surface area contributed by atoms with Gasteiger partial charge in [-0.1, -0.05) is 0 Å². The van der Waals surface area contributed by atoms with E-state index in [9.17, 15) is 0 Å². The second-order valence-electron chi connectivity index (χ2n) is 4.33. The lowest BCUT2D eigenvalue weighted by atomic mass is 10.8. The maximum atomic E-state index is 4.25. The van der Waals surface area contributed by atoms with Gasteiger partial charge in [-0.05, 0) is 31.9 Å². The highest BCUT2D eigenvalue weighted by Crippen LogP contribution is 2.52. The normalized spacial score (nSPS) is 17.7. The molecule has 0 N–H and O–H groups in total. The average molecular weight is 149 g/mol. The molecule has 0 aromatic heterocycles. The molecule has 0 atom stereocenters. The van der Waals surface area contributed by atoms with Crippen molar-refractivity contribution < 1.29 is 0 Å². The van der Waals surface area contributed by atoms with Crippen LogP contribution in [0.4, 0.5) is 0 Å². The van der Waals surface area contributed by atoms with Gasteiger partial charge in [-0.3, -0.25) is 14.2 Å². The van der Waals surface area contributed by atoms with Gasteiger partial charge in [-0.2, -0.15) is 0 Å². The summed E-state index contributed by atoms with van der Waals surface area (Å²) in [6.07, 6.45) is 9.19. The highest BCUT2D eigenvalue weighted by atomic mass is 32.3. The Morgan fingerprint density at radius 3 is 1.78 bits per heavy atom. The topological polar surface area (TPSA) is 12.4 Å². The first-order valence-corrected chi connectivity index (χ1v) is 7.42. The quantitative estimate of drug-likeness (QED) is 0.348. The average Bonchev–Trinajstić information content (AvgIpc) is 1.57. The van der Waals surface area contributed by atoms with Crippen LogP contribution >= 0.6 is 9.16 Å². The Balaban J connectivity index is 4.03. The van der Waals surface area contributed by atoms with Crippen LogP contribution in [0.15, 0.2) is 4.99 Å². The molecule has 0 rings (SSSR count). The van der Waals surface area contributed by atoms with E-state index < -0.39 is 9.16 Å². The van der Waals surface area contributed by atoms with Crippen molar-refractivity contribution in [3.05, 3.63) is 0 Å². The molecule has 0 unspecified atom stereocenters. The third-order valence-corrected chi connectivity index (χ3v) is 1.81. The van der Waals surface area contributed by atoms with Crippen LogP contribution in [0, 0.1) is 0 Å². The molecule has 9 heavy (non-hydrogen) atoms. The molecular formula is C7H19NS. The van der Waals surface area contributed by atoms with Gasteiger partial charge in [0.05, 0.1) is 0 Å². The van der Waals surface area contributed by atoms with Crippen molar-refractivity contribution in [1.82, 2.24) is 0 Å². The van der Waals surface area contributed by atoms with Gasteiger partial charge in [0.2, 0.25) is 0 Å². The molecule has 0 spiro atoms. The summed E-state index contributed by atoms with van der Waals surface area (Å²) in [7, 11) is -1.42. The molecule has 58 valence electrons. The SMILES string of the molecule is CC/N=C\[SH](C)(C)(C)C. The number of aliphatic imine (C=N–C) groups is 1. The summed E-state index contributed by atoms with van der Waals surface area (Å²) in [5.74, 6) is 0. The lowest BCUT2D eigenvalue weighted by molar-refractivity contribution is 1.14. The first kappa shape index (κ1) is 9.02. The Morgan fingerprint density at radius 1 is 1.22 bits per heavy atom. The van der Waals surface area contributed by atoms with E-state index in [1.165, 1.54) is 0 Å². The Bertz CT molecular complexity index is 109. The molecule has 0 aliphatic heterocycles. The third kappa shape index (κ3) is 8.02. The summed E-state index contributed by atoms with van der Waals surface area (Å²) in [6.45, 7) is 2.99. The smallest absolute Gasteiger partial charge is 0.0365 e. The summed E-state index contributed by atoms with van der Waals surface area (Å²) in [6, 6.07) is 0. The number of hydrogen-bond acceptors (Lipinski definition) is 1. The fourth-order valence-electron chi connectivity index (χ4n) is 0.408. The van der Waals surface area contributed by atoms with E-state index in [0.717, 1.165) is 6.54 Å². The van der Waals surface area contributed by atoms with E-state index in [1.807, 2.05) is 0 Å². The fourth-order valence-corrected chi connectivity index (χ4v) is 1.22. The van der Waals surface area contributed by atoms with Gasteiger partial charge in [-0.15, -0.1) is 0 Å². The molecule has 0 saturated carbocycles. The molecule has 0 aromatic rings. The van der Waals surface area contributed by atoms with Crippen LogP contribution in [-0.2, 0) is 0 Å². The first-order valence-electron chi connectivity index (χ1n) is 3.33. The Labute approximate surface area is 58.9 Å². The predicted molar refractivity (Wildman–Crippen MR) is 51.7 cm³/mol. The molecule has 0 amide bonds. The van der Waals surface area contributed by atoms with E-state index in [4.69, 9.17) is 0 Å². The third-order valence-electron chi connectivity index (χ3n) is 0.726. The minimum Gasteiger partial charge on any atom is -0.290 e. The van der Waals surface area contributed by atoms with Gasteiger partial charge in [0, 0.05) is 12.1 Å². The second-order valence-corrected chi connectivity index (χ2v) is 12.0. The molecule has 0 aliphatic carbocycles. The number of hydrogen-bond donors (Lipinski definition) is 1. The van der Waals surface area contributed by atoms with Crippen LogP contribution in [0.3, 0.4) is 0 Å². The van der Waals surface area contributed by atoms with Gasteiger partial charge < -0.3 is 0 Å². The van der Waals surface area contributed by atoms with Crippen LogP contribution in [-0.4, -0.2) is 37.1 Å². The Kier molecular flexibility index (Phi) is 2.34. The summed E-state index contributed by atoms with van der Waals surface area (Å²) in [5, 5.41) is 0. The maximum Gasteiger partial charge on any atom is 0.0365 e. The van der Waals surface area contributed by atoms with E-state index in [1.54, 1.807) is 0 Å². The molecule has 2 heteroatoms. The first-order chi connectivity index (χ1) is 3.81. The lowest BCUT2D eigenvalue weighted by Crippen LogP contribution is -2.11. The van der Waals surface area contributed by atoms with Crippen LogP contribution < -0.4 is 0 Å². The minimum atomic E-state index is -1.42. The van der Waals surface area contributed by atoms with Crippen molar-refractivity contribution in [2.24, 2.45) is 4.99 Å². The van der Waals surface area contributed by atoms with Crippen LogP contribution in [0.25, 0.3) is 0 Å². The fraction of sp³-hybridized carbons (Fsp3) is 0.857. The largest absolute Gasteiger partial charge is 0.290 e. The van der Waals surface area contributed by atoms with Crippen LogP contribution in [0.2, 0.25) is 0 Å². The van der Waals surface area contributed by atoms with Crippen molar-refractivity contribution in [3.8, 4) is 0 Å². The molecule has 0 aromatic carbocycles. The summed E-state index contributed by atoms with van der Waals surface area (Å²) >= 11 is 0. The number of nitrogens with zero attached hydrogens (tertiary/aromatic N) is 1. The minimum absolute atomic E-state index is 0.918. The zero-order chi connectivity index (χ0) is 7.57. The molecule has 0 bridgehead atoms. The Morgan fingerprint density at radius 2 is 1.67 bits per heavy atom. The number of thiol groups is 1. The molecule has 0 radical (unpaired) electrons. The number of rotatable bonds is 2. The zero-order valence-electron chi connectivity index (χ0n) is 7.18. The van der Waals surface area contributed by atoms with Crippen LogP contribution in [0.1, 0.15) is 6.92 Å². The molecule has 0 heterocycles. The maximum absolute atomic E-state index is 4.25. The van der Waals surface area contributed by atoms with E-state index in [0.29, 0.717) is 0 Å². The van der Waals surface area contributed by atoms with Gasteiger partial charge >= 0.3 is 0 Å². The molecule has 1 nitrogen and oxygen atoms in total. The van der Waals surface area contributed by atoms with E-state index in [2.05, 4.69) is 42.5 Å². The monoisotopic (exact) mass is 149 g/mol. The molecular weight excluding hydrogens is 130 g/mol. The lowest BCUT2D eigenvalue weighted by Gasteiger charge is -2.42. The summed E-state index contributed by atoms with van der Waals surface area (Å²) in [5.41, 5.74) is 2.14. The summed E-state index contributed by atoms with van der Waals surface area (Å²) < 4.78 is 0. The molecule has 0 saturated heterocycles. The van der Waals surface area contributed by atoms with Crippen molar-refractivity contribution in [2.45, 2.75) is 6.92 Å². The van der Waals surface area contributed by atoms with Gasteiger partial charge in [0.25, 0.3) is 0 Å². The van der Waals surface area contributed by atoms with Crippen molar-refractivity contribution in [3.63, 3.8) is 0 Å². The standard InChI is InChI=1S/C7H19NS/c1-6-8-7-9(2,3,4)5/h7,9H,6H2,1-5H3/b8-7-. The van der Waals surface area contributed by atoms with E-state index >= 15 is 0 Å². The van der Waals surface area contributed by atoms with E-state index in [-0.39, 0.29) is 0 Å². The van der Waals surface area contributed by atoms with Gasteiger partial charge in [-0.25, -0.2) is 0 Å². The zero-order valence-corrected chi connectivity index (χ0v) is 8.07. The highest BCUT2D eigenvalue weighted by Gasteiger charge is 2.13. The Hall–Kier alpha value is 0.0200. The van der Waals surface area contributed by atoms with Gasteiger partial charge in [0.15, 0.2) is 0 Å². The summed E-state index contributed by atoms with van der Waals surface area (Å²) in [4.78, 5) is 4.25. The van der Waals surface area contributed by atoms with Gasteiger partial charge in [0.1, 0.15) is 0 Å². The second kappa shape index (κ2) is 2.33. The molecule has 0 aliphatic rings. The predicted octanol–water partition coefficient (Wildman–Crippen LogP) is 1.63. The van der Waals surface area contributed by atoms with Crippen LogP contribution in [0.5, 0.6) is 0 Å². The van der Waals surface area contributed by atoms with Crippen molar-refractivity contribution in [1.29, 1.82) is 0 Å².